The maximum atomic E-state index is 10.4. The van der Waals surface area contributed by atoms with Gasteiger partial charge in [-0.2, -0.15) is 0 Å². The second-order valence-electron chi connectivity index (χ2n) is 5.17. The average molecular weight is 245 g/mol. The smallest absolute Gasteiger partial charge is 0.214 e. The van der Waals surface area contributed by atoms with Gasteiger partial charge in [-0.3, -0.25) is 0 Å². The Kier molecular flexibility index (Phi) is 3.53. The van der Waals surface area contributed by atoms with E-state index in [1.807, 2.05) is 44.2 Å². The summed E-state index contributed by atoms with van der Waals surface area (Å²) in [6.45, 7) is 8.28. The third-order valence-electron chi connectivity index (χ3n) is 3.02. The van der Waals surface area contributed by atoms with Crippen LogP contribution >= 0.6 is 0 Å². The number of rotatable bonds is 4. The fourth-order valence-electron chi connectivity index (χ4n) is 2.04. The summed E-state index contributed by atoms with van der Waals surface area (Å²) in [5.74, 6) is 0.215. The van der Waals surface area contributed by atoms with Crippen molar-refractivity contribution in [2.75, 3.05) is 6.61 Å². The van der Waals surface area contributed by atoms with Crippen molar-refractivity contribution < 1.29 is 9.84 Å². The van der Waals surface area contributed by atoms with Gasteiger partial charge in [-0.1, -0.05) is 36.4 Å². The van der Waals surface area contributed by atoms with E-state index in [9.17, 15) is 5.11 Å². The molecule has 1 N–H and O–H groups in total. The quantitative estimate of drug-likeness (QED) is 0.828. The molecule has 0 fully saturated rings. The molecule has 1 heterocycles. The number of nitrogens with zero attached hydrogens (tertiary/aromatic N) is 1. The zero-order valence-corrected chi connectivity index (χ0v) is 10.8. The molecule has 0 radical (unpaired) electrons. The zero-order chi connectivity index (χ0) is 13.2. The van der Waals surface area contributed by atoms with E-state index in [2.05, 4.69) is 11.6 Å². The number of ether oxygens (including phenoxy) is 1. The molecule has 1 aliphatic rings. The molecule has 0 saturated carbocycles. The lowest BCUT2D eigenvalue weighted by molar-refractivity contribution is 0.179. The van der Waals surface area contributed by atoms with E-state index in [4.69, 9.17) is 4.74 Å². The van der Waals surface area contributed by atoms with Gasteiger partial charge in [-0.25, -0.2) is 4.99 Å². The maximum Gasteiger partial charge on any atom is 0.214 e. The van der Waals surface area contributed by atoms with Gasteiger partial charge in [0.1, 0.15) is 12.7 Å². The molecule has 2 atom stereocenters. The van der Waals surface area contributed by atoms with Crippen molar-refractivity contribution in [1.82, 2.24) is 0 Å². The maximum absolute atomic E-state index is 10.4. The van der Waals surface area contributed by atoms with Crippen LogP contribution in [-0.2, 0) is 4.74 Å². The molecule has 0 spiro atoms. The number of aliphatic hydroxyl groups excluding tert-OH is 1. The first kappa shape index (κ1) is 12.8. The Labute approximate surface area is 108 Å². The first-order valence-electron chi connectivity index (χ1n) is 6.11. The number of aliphatic imine (C=N–C) groups is 1. The summed E-state index contributed by atoms with van der Waals surface area (Å²) >= 11 is 0. The van der Waals surface area contributed by atoms with Crippen molar-refractivity contribution in [1.29, 1.82) is 0 Å². The van der Waals surface area contributed by atoms with E-state index in [-0.39, 0.29) is 11.5 Å². The molecule has 1 aromatic carbocycles. The molecule has 0 saturated heterocycles. The zero-order valence-electron chi connectivity index (χ0n) is 10.8. The summed E-state index contributed by atoms with van der Waals surface area (Å²) < 4.78 is 5.49. The first-order chi connectivity index (χ1) is 8.53. The van der Waals surface area contributed by atoms with Crippen LogP contribution in [0.4, 0.5) is 0 Å². The molecule has 0 unspecified atom stereocenters. The predicted molar refractivity (Wildman–Crippen MR) is 72.9 cm³/mol. The van der Waals surface area contributed by atoms with Gasteiger partial charge in [0.2, 0.25) is 5.90 Å². The Morgan fingerprint density at radius 3 is 2.56 bits per heavy atom. The Hall–Kier alpha value is -1.61. The molecular formula is C15H19NO2. The summed E-state index contributed by atoms with van der Waals surface area (Å²) in [6, 6.07) is 9.77. The third-order valence-corrected chi connectivity index (χ3v) is 3.02. The van der Waals surface area contributed by atoms with E-state index in [1.54, 1.807) is 6.08 Å². The Bertz CT molecular complexity index is 451. The minimum atomic E-state index is -0.772. The Balaban J connectivity index is 2.22. The van der Waals surface area contributed by atoms with Crippen LogP contribution in [0.25, 0.3) is 0 Å². The fraction of sp³-hybridized carbons (Fsp3) is 0.400. The standard InChI is InChI=1S/C15H19NO2/c1-4-12(11-8-6-5-7-9-11)13(17)14-16-15(2,3)10-18-14/h4-9,12-13,17H,1,10H2,2-3H3/t12-,13-/m0/s1. The van der Waals surface area contributed by atoms with Crippen LogP contribution in [0.2, 0.25) is 0 Å². The predicted octanol–water partition coefficient (Wildman–Crippen LogP) is 2.52. The van der Waals surface area contributed by atoms with Crippen LogP contribution < -0.4 is 0 Å². The van der Waals surface area contributed by atoms with Crippen molar-refractivity contribution in [3.8, 4) is 0 Å². The van der Waals surface area contributed by atoms with Crippen LogP contribution in [0.3, 0.4) is 0 Å². The van der Waals surface area contributed by atoms with E-state index in [0.717, 1.165) is 5.56 Å². The van der Waals surface area contributed by atoms with Crippen molar-refractivity contribution >= 4 is 5.90 Å². The van der Waals surface area contributed by atoms with E-state index >= 15 is 0 Å². The van der Waals surface area contributed by atoms with E-state index in [1.165, 1.54) is 0 Å². The lowest BCUT2D eigenvalue weighted by atomic mass is 9.93. The van der Waals surface area contributed by atoms with Gasteiger partial charge < -0.3 is 9.84 Å². The van der Waals surface area contributed by atoms with E-state index in [0.29, 0.717) is 12.5 Å². The summed E-state index contributed by atoms with van der Waals surface area (Å²) in [5.41, 5.74) is 0.759. The molecule has 3 heteroatoms. The van der Waals surface area contributed by atoms with Crippen LogP contribution in [-0.4, -0.2) is 29.3 Å². The third kappa shape index (κ3) is 2.62. The molecule has 1 aliphatic heterocycles. The largest absolute Gasteiger partial charge is 0.477 e. The highest BCUT2D eigenvalue weighted by molar-refractivity contribution is 5.84. The van der Waals surface area contributed by atoms with E-state index < -0.39 is 6.10 Å². The van der Waals surface area contributed by atoms with Gasteiger partial charge in [0.05, 0.1) is 5.54 Å². The van der Waals surface area contributed by atoms with Gasteiger partial charge in [-0.15, -0.1) is 6.58 Å². The van der Waals surface area contributed by atoms with Crippen LogP contribution in [0.15, 0.2) is 48.0 Å². The molecule has 2 rings (SSSR count). The monoisotopic (exact) mass is 245 g/mol. The number of hydrogen-bond acceptors (Lipinski definition) is 3. The van der Waals surface area contributed by atoms with Crippen LogP contribution in [0.1, 0.15) is 25.3 Å². The molecule has 96 valence electrons. The highest BCUT2D eigenvalue weighted by Gasteiger charge is 2.33. The fourth-order valence-corrected chi connectivity index (χ4v) is 2.04. The second kappa shape index (κ2) is 4.94. The number of aliphatic hydroxyl groups is 1. The van der Waals surface area contributed by atoms with Crippen molar-refractivity contribution in [3.63, 3.8) is 0 Å². The average Bonchev–Trinajstić information content (AvgIpc) is 2.72. The Morgan fingerprint density at radius 2 is 2.06 bits per heavy atom. The molecule has 18 heavy (non-hydrogen) atoms. The second-order valence-corrected chi connectivity index (χ2v) is 5.17. The van der Waals surface area contributed by atoms with Gasteiger partial charge in [0, 0.05) is 5.92 Å². The Morgan fingerprint density at radius 1 is 1.39 bits per heavy atom. The molecule has 3 nitrogen and oxygen atoms in total. The molecule has 0 bridgehead atoms. The highest BCUT2D eigenvalue weighted by Crippen LogP contribution is 2.26. The molecule has 0 aromatic heterocycles. The lowest BCUT2D eigenvalue weighted by Crippen LogP contribution is -2.27. The normalized spacial score (nSPS) is 20.7. The molecule has 0 amide bonds. The lowest BCUT2D eigenvalue weighted by Gasteiger charge is -2.19. The van der Waals surface area contributed by atoms with Gasteiger partial charge in [0.15, 0.2) is 0 Å². The topological polar surface area (TPSA) is 41.8 Å². The van der Waals surface area contributed by atoms with Crippen molar-refractivity contribution in [3.05, 3.63) is 48.6 Å². The summed E-state index contributed by atoms with van der Waals surface area (Å²) in [7, 11) is 0. The molecule has 0 aliphatic carbocycles. The molecular weight excluding hydrogens is 226 g/mol. The summed E-state index contributed by atoms with van der Waals surface area (Å²) in [5, 5.41) is 10.4. The van der Waals surface area contributed by atoms with Crippen molar-refractivity contribution in [2.45, 2.75) is 31.4 Å². The van der Waals surface area contributed by atoms with Gasteiger partial charge >= 0.3 is 0 Å². The van der Waals surface area contributed by atoms with Crippen LogP contribution in [0.5, 0.6) is 0 Å². The highest BCUT2D eigenvalue weighted by atomic mass is 16.5. The van der Waals surface area contributed by atoms with Gasteiger partial charge in [0.25, 0.3) is 0 Å². The van der Waals surface area contributed by atoms with Crippen LogP contribution in [0, 0.1) is 0 Å². The number of benzene rings is 1. The summed E-state index contributed by atoms with van der Waals surface area (Å²) in [4.78, 5) is 4.41. The molecule has 1 aromatic rings. The first-order valence-corrected chi connectivity index (χ1v) is 6.11. The SMILES string of the molecule is C=C[C@@H](c1ccccc1)[C@H](O)C1=NC(C)(C)CO1. The summed E-state index contributed by atoms with van der Waals surface area (Å²) in [6.07, 6.45) is 0.962. The van der Waals surface area contributed by atoms with Gasteiger partial charge in [-0.05, 0) is 19.4 Å². The minimum Gasteiger partial charge on any atom is -0.477 e. The number of hydrogen-bond donors (Lipinski definition) is 1. The van der Waals surface area contributed by atoms with Crippen molar-refractivity contribution in [2.24, 2.45) is 4.99 Å². The minimum absolute atomic E-state index is 0.196.